The van der Waals surface area contributed by atoms with Crippen molar-refractivity contribution in [2.24, 2.45) is 0 Å². The minimum Gasteiger partial charge on any atom is -0.548 e. The number of carboxylic acids is 1. The van der Waals surface area contributed by atoms with Gasteiger partial charge in [-0.1, -0.05) is 0 Å². The second kappa shape index (κ2) is 3.75. The molecule has 0 fully saturated rings. The van der Waals surface area contributed by atoms with Gasteiger partial charge >= 0.3 is 0 Å². The third-order valence-electron chi connectivity index (χ3n) is 1.45. The van der Waals surface area contributed by atoms with Gasteiger partial charge in [0.2, 0.25) is 0 Å². The fourth-order valence-corrected chi connectivity index (χ4v) is 0.734. The number of carboxylic acid groups (broad SMARTS) is 1. The average molecular weight is 182 g/mol. The molecular formula is C8H8NO4-. The first-order valence-corrected chi connectivity index (χ1v) is 3.66. The van der Waals surface area contributed by atoms with Crippen molar-refractivity contribution in [2.45, 2.75) is 13.0 Å². The zero-order valence-electron chi connectivity index (χ0n) is 6.94. The first-order valence-electron chi connectivity index (χ1n) is 3.66. The number of nitrogens with one attached hydrogen (secondary N) is 1. The van der Waals surface area contributed by atoms with Crippen LogP contribution in [0.25, 0.3) is 0 Å². The summed E-state index contributed by atoms with van der Waals surface area (Å²) in [7, 11) is 0. The van der Waals surface area contributed by atoms with Gasteiger partial charge in [-0.3, -0.25) is 4.79 Å². The van der Waals surface area contributed by atoms with E-state index < -0.39 is 17.9 Å². The highest BCUT2D eigenvalue weighted by atomic mass is 16.4. The van der Waals surface area contributed by atoms with E-state index in [0.717, 1.165) is 0 Å². The topological polar surface area (TPSA) is 82.4 Å². The van der Waals surface area contributed by atoms with Gasteiger partial charge in [0, 0.05) is 0 Å². The average Bonchev–Trinajstić information content (AvgIpc) is 2.55. The number of amides is 1. The Kier molecular flexibility index (Phi) is 2.69. The zero-order chi connectivity index (χ0) is 9.84. The molecule has 1 aromatic heterocycles. The van der Waals surface area contributed by atoms with Crippen molar-refractivity contribution in [1.82, 2.24) is 5.32 Å². The lowest BCUT2D eigenvalue weighted by atomic mass is 10.3. The molecule has 1 heterocycles. The number of carbonyl (C=O) groups excluding carboxylic acids is 2. The first-order chi connectivity index (χ1) is 6.11. The van der Waals surface area contributed by atoms with Crippen LogP contribution in [0.2, 0.25) is 0 Å². The van der Waals surface area contributed by atoms with E-state index in [2.05, 4.69) is 5.32 Å². The Morgan fingerprint density at radius 1 is 1.62 bits per heavy atom. The highest BCUT2D eigenvalue weighted by Crippen LogP contribution is 1.99. The molecule has 13 heavy (non-hydrogen) atoms. The molecule has 1 rings (SSSR count). The van der Waals surface area contributed by atoms with Gasteiger partial charge in [0.1, 0.15) is 0 Å². The Morgan fingerprint density at radius 3 is 2.77 bits per heavy atom. The summed E-state index contributed by atoms with van der Waals surface area (Å²) in [6.07, 6.45) is 1.33. The van der Waals surface area contributed by atoms with Crippen molar-refractivity contribution < 1.29 is 19.1 Å². The lowest BCUT2D eigenvalue weighted by Gasteiger charge is -2.12. The molecule has 0 radical (unpaired) electrons. The van der Waals surface area contributed by atoms with E-state index in [9.17, 15) is 14.7 Å². The summed E-state index contributed by atoms with van der Waals surface area (Å²) in [5, 5.41) is 12.4. The van der Waals surface area contributed by atoms with Gasteiger partial charge in [-0.15, -0.1) is 0 Å². The van der Waals surface area contributed by atoms with Crippen LogP contribution in [0.4, 0.5) is 0 Å². The molecule has 1 N–H and O–H groups in total. The van der Waals surface area contributed by atoms with Crippen LogP contribution in [0.3, 0.4) is 0 Å². The number of carbonyl (C=O) groups is 2. The highest BCUT2D eigenvalue weighted by Gasteiger charge is 2.11. The minimum absolute atomic E-state index is 0.0769. The minimum atomic E-state index is -1.33. The van der Waals surface area contributed by atoms with Crippen LogP contribution in [-0.2, 0) is 4.79 Å². The molecule has 0 aliphatic carbocycles. The van der Waals surface area contributed by atoms with Crippen molar-refractivity contribution in [3.05, 3.63) is 24.2 Å². The van der Waals surface area contributed by atoms with Gasteiger partial charge in [0.25, 0.3) is 5.91 Å². The molecule has 5 nitrogen and oxygen atoms in total. The van der Waals surface area contributed by atoms with Crippen LogP contribution in [0, 0.1) is 0 Å². The number of rotatable bonds is 3. The van der Waals surface area contributed by atoms with E-state index in [1.54, 1.807) is 6.07 Å². The molecular weight excluding hydrogens is 174 g/mol. The summed E-state index contributed by atoms with van der Waals surface area (Å²) >= 11 is 0. The maximum absolute atomic E-state index is 11.1. The van der Waals surface area contributed by atoms with E-state index >= 15 is 0 Å². The van der Waals surface area contributed by atoms with Crippen molar-refractivity contribution >= 4 is 11.9 Å². The zero-order valence-corrected chi connectivity index (χ0v) is 6.94. The van der Waals surface area contributed by atoms with Gasteiger partial charge in [-0.25, -0.2) is 0 Å². The third-order valence-corrected chi connectivity index (χ3v) is 1.45. The summed E-state index contributed by atoms with van der Waals surface area (Å²) in [5.41, 5.74) is 0. The van der Waals surface area contributed by atoms with E-state index in [1.165, 1.54) is 19.3 Å². The Hall–Kier alpha value is -1.78. The summed E-state index contributed by atoms with van der Waals surface area (Å²) in [6.45, 7) is 1.32. The van der Waals surface area contributed by atoms with E-state index in [1.807, 2.05) is 0 Å². The van der Waals surface area contributed by atoms with Crippen molar-refractivity contribution in [3.8, 4) is 0 Å². The predicted molar refractivity (Wildman–Crippen MR) is 40.6 cm³/mol. The Balaban J connectivity index is 2.56. The molecule has 0 bridgehead atoms. The maximum atomic E-state index is 11.1. The Bertz CT molecular complexity index is 304. The molecule has 70 valence electrons. The monoisotopic (exact) mass is 182 g/mol. The van der Waals surface area contributed by atoms with E-state index in [4.69, 9.17) is 4.42 Å². The van der Waals surface area contributed by atoms with Crippen molar-refractivity contribution in [3.63, 3.8) is 0 Å². The van der Waals surface area contributed by atoms with Crippen LogP contribution in [0.5, 0.6) is 0 Å². The Labute approximate surface area is 74.4 Å². The number of hydrogen-bond donors (Lipinski definition) is 1. The lowest BCUT2D eigenvalue weighted by Crippen LogP contribution is -2.45. The largest absolute Gasteiger partial charge is 0.548 e. The summed E-state index contributed by atoms with van der Waals surface area (Å²) in [6, 6.07) is 1.95. The smallest absolute Gasteiger partial charge is 0.287 e. The van der Waals surface area contributed by atoms with Gasteiger partial charge in [0.15, 0.2) is 5.76 Å². The van der Waals surface area contributed by atoms with Crippen LogP contribution >= 0.6 is 0 Å². The molecule has 0 saturated carbocycles. The molecule has 5 heteroatoms. The quantitative estimate of drug-likeness (QED) is 0.659. The molecule has 1 atom stereocenters. The number of aliphatic carboxylic acids is 1. The maximum Gasteiger partial charge on any atom is 0.287 e. The van der Waals surface area contributed by atoms with Crippen LogP contribution in [0.1, 0.15) is 17.5 Å². The van der Waals surface area contributed by atoms with Crippen LogP contribution < -0.4 is 10.4 Å². The normalized spacial score (nSPS) is 12.1. The number of furan rings is 1. The molecule has 0 aliphatic rings. The highest BCUT2D eigenvalue weighted by molar-refractivity contribution is 5.93. The van der Waals surface area contributed by atoms with Gasteiger partial charge in [0.05, 0.1) is 18.3 Å². The van der Waals surface area contributed by atoms with Crippen LogP contribution in [-0.4, -0.2) is 17.9 Å². The van der Waals surface area contributed by atoms with Gasteiger partial charge < -0.3 is 19.6 Å². The second-order valence-electron chi connectivity index (χ2n) is 2.49. The van der Waals surface area contributed by atoms with E-state index in [-0.39, 0.29) is 5.76 Å². The fraction of sp³-hybridized carbons (Fsp3) is 0.250. The third kappa shape index (κ3) is 2.33. The summed E-state index contributed by atoms with van der Waals surface area (Å²) < 4.78 is 4.75. The Morgan fingerprint density at radius 2 is 2.31 bits per heavy atom. The van der Waals surface area contributed by atoms with Gasteiger partial charge in [-0.05, 0) is 19.1 Å². The fourth-order valence-electron chi connectivity index (χ4n) is 0.734. The lowest BCUT2D eigenvalue weighted by molar-refractivity contribution is -0.307. The van der Waals surface area contributed by atoms with Crippen molar-refractivity contribution in [2.75, 3.05) is 0 Å². The SMILES string of the molecule is C[C@@H](NC(=O)c1ccco1)C(=O)[O-]. The van der Waals surface area contributed by atoms with E-state index in [0.29, 0.717) is 0 Å². The van der Waals surface area contributed by atoms with Crippen molar-refractivity contribution in [1.29, 1.82) is 0 Å². The summed E-state index contributed by atoms with van der Waals surface area (Å²) in [5.74, 6) is -1.82. The first kappa shape index (κ1) is 9.31. The second-order valence-corrected chi connectivity index (χ2v) is 2.49. The van der Waals surface area contributed by atoms with Crippen LogP contribution in [0.15, 0.2) is 22.8 Å². The summed E-state index contributed by atoms with van der Waals surface area (Å²) in [4.78, 5) is 21.4. The predicted octanol–water partition coefficient (Wildman–Crippen LogP) is -0.852. The molecule has 0 saturated heterocycles. The van der Waals surface area contributed by atoms with Gasteiger partial charge in [-0.2, -0.15) is 0 Å². The molecule has 0 aromatic carbocycles. The molecule has 0 spiro atoms. The molecule has 1 amide bonds. The number of hydrogen-bond acceptors (Lipinski definition) is 4. The standard InChI is InChI=1S/C8H9NO4/c1-5(8(11)12)9-7(10)6-3-2-4-13-6/h2-5H,1H3,(H,9,10)(H,11,12)/p-1/t5-/m1/s1. The molecule has 0 unspecified atom stereocenters. The molecule has 0 aliphatic heterocycles. The molecule has 1 aromatic rings.